The van der Waals surface area contributed by atoms with Crippen LogP contribution >= 0.6 is 0 Å². The van der Waals surface area contributed by atoms with Crippen molar-refractivity contribution in [2.45, 2.75) is 31.8 Å². The van der Waals surface area contributed by atoms with Crippen LogP contribution in [0.2, 0.25) is 0 Å². The number of aromatic nitrogens is 4. The van der Waals surface area contributed by atoms with E-state index in [0.29, 0.717) is 17.8 Å². The lowest BCUT2D eigenvalue weighted by Gasteiger charge is -2.23. The molecule has 0 radical (unpaired) electrons. The highest BCUT2D eigenvalue weighted by molar-refractivity contribution is 5.92. The van der Waals surface area contributed by atoms with Crippen molar-refractivity contribution in [2.75, 3.05) is 19.6 Å². The number of carbonyl (C=O) groups excluding carboxylic acids is 1. The minimum atomic E-state index is -0.323. The van der Waals surface area contributed by atoms with Gasteiger partial charge < -0.3 is 19.3 Å². The van der Waals surface area contributed by atoms with Crippen LogP contribution in [-0.2, 0) is 13.0 Å². The summed E-state index contributed by atoms with van der Waals surface area (Å²) < 4.78 is 20.6. The van der Waals surface area contributed by atoms with Crippen molar-refractivity contribution in [2.24, 2.45) is 0 Å². The maximum Gasteiger partial charge on any atom is 0.293 e. The van der Waals surface area contributed by atoms with Crippen molar-refractivity contribution in [1.82, 2.24) is 30.1 Å². The van der Waals surface area contributed by atoms with Gasteiger partial charge in [0.2, 0.25) is 5.76 Å². The Morgan fingerprint density at radius 2 is 2.03 bits per heavy atom. The van der Waals surface area contributed by atoms with Crippen molar-refractivity contribution < 1.29 is 13.7 Å². The molecule has 0 spiro atoms. The highest BCUT2D eigenvalue weighted by Crippen LogP contribution is 2.33. The Balaban J connectivity index is 1.40. The Kier molecular flexibility index (Phi) is 4.59. The van der Waals surface area contributed by atoms with E-state index in [1.165, 1.54) is 12.1 Å². The topological polar surface area (TPSA) is 89.1 Å². The number of fused-ring (bicyclic) bond motifs is 1. The number of halogens is 1. The first-order valence-electron chi connectivity index (χ1n) is 9.87. The highest BCUT2D eigenvalue weighted by atomic mass is 19.1. The number of hydrogen-bond acceptors (Lipinski definition) is 6. The van der Waals surface area contributed by atoms with Crippen LogP contribution in [0.1, 0.15) is 41.1 Å². The molecule has 1 atom stereocenters. The van der Waals surface area contributed by atoms with E-state index >= 15 is 0 Å². The van der Waals surface area contributed by atoms with Gasteiger partial charge in [-0.15, -0.1) is 10.2 Å². The third kappa shape index (κ3) is 3.31. The van der Waals surface area contributed by atoms with Gasteiger partial charge in [0.25, 0.3) is 5.91 Å². The van der Waals surface area contributed by atoms with Gasteiger partial charge in [0.15, 0.2) is 5.82 Å². The van der Waals surface area contributed by atoms with Crippen molar-refractivity contribution in [3.05, 3.63) is 53.6 Å². The van der Waals surface area contributed by atoms with Crippen LogP contribution in [-0.4, -0.2) is 50.4 Å². The molecule has 2 aliphatic heterocycles. The molecule has 9 heteroatoms. The van der Waals surface area contributed by atoms with Crippen molar-refractivity contribution in [1.29, 1.82) is 0 Å². The van der Waals surface area contributed by atoms with E-state index < -0.39 is 0 Å². The Morgan fingerprint density at radius 1 is 1.17 bits per heavy atom. The molecule has 0 aliphatic carbocycles. The maximum absolute atomic E-state index is 13.1. The first-order chi connectivity index (χ1) is 14.2. The molecule has 1 saturated heterocycles. The fourth-order valence-corrected chi connectivity index (χ4v) is 4.09. The zero-order chi connectivity index (χ0) is 19.8. The van der Waals surface area contributed by atoms with E-state index in [-0.39, 0.29) is 23.5 Å². The summed E-state index contributed by atoms with van der Waals surface area (Å²) in [5.74, 6) is 1.44. The van der Waals surface area contributed by atoms with Crippen LogP contribution < -0.4 is 5.32 Å². The summed E-state index contributed by atoms with van der Waals surface area (Å²) in [5, 5.41) is 16.1. The van der Waals surface area contributed by atoms with E-state index in [1.54, 1.807) is 23.1 Å². The van der Waals surface area contributed by atoms with Gasteiger partial charge in [0.05, 0.1) is 6.04 Å². The second-order valence-electron chi connectivity index (χ2n) is 7.37. The lowest BCUT2D eigenvalue weighted by Crippen LogP contribution is -2.32. The second-order valence-corrected chi connectivity index (χ2v) is 7.37. The number of nitrogens with one attached hydrogen (secondary N) is 1. The molecule has 2 aromatic heterocycles. The van der Waals surface area contributed by atoms with Crippen LogP contribution in [0.15, 0.2) is 34.9 Å². The fraction of sp³-hybridized carbons (Fsp3) is 0.400. The Morgan fingerprint density at radius 3 is 2.90 bits per heavy atom. The zero-order valence-electron chi connectivity index (χ0n) is 15.8. The Bertz CT molecular complexity index is 1030. The normalized spacial score (nSPS) is 19.2. The molecule has 2 aliphatic rings. The standard InChI is InChI=1S/C20H21FN6O2/c21-14-5-3-13(4-6-14)15-12-17(29-25-15)20(28)26-10-1-2-16(26)19-24-23-18-7-8-22-9-11-27(18)19/h3-6,12,16,22H,1-2,7-11H2. The van der Waals surface area contributed by atoms with Crippen molar-refractivity contribution in [3.8, 4) is 11.3 Å². The average molecular weight is 396 g/mol. The lowest BCUT2D eigenvalue weighted by molar-refractivity contribution is 0.0685. The summed E-state index contributed by atoms with van der Waals surface area (Å²) in [7, 11) is 0. The van der Waals surface area contributed by atoms with Gasteiger partial charge in [-0.2, -0.15) is 0 Å². The van der Waals surface area contributed by atoms with Crippen LogP contribution in [0.5, 0.6) is 0 Å². The monoisotopic (exact) mass is 396 g/mol. The summed E-state index contributed by atoms with van der Waals surface area (Å²) in [6, 6.07) is 7.42. The summed E-state index contributed by atoms with van der Waals surface area (Å²) in [4.78, 5) is 14.9. The van der Waals surface area contributed by atoms with Gasteiger partial charge in [0, 0.05) is 44.2 Å². The van der Waals surface area contributed by atoms with Crippen LogP contribution in [0.4, 0.5) is 4.39 Å². The third-order valence-corrected chi connectivity index (χ3v) is 5.57. The number of amides is 1. The third-order valence-electron chi connectivity index (χ3n) is 5.57. The molecule has 3 aromatic rings. The predicted molar refractivity (Wildman–Crippen MR) is 102 cm³/mol. The van der Waals surface area contributed by atoms with Crippen LogP contribution in [0, 0.1) is 5.82 Å². The summed E-state index contributed by atoms with van der Waals surface area (Å²) in [5.41, 5.74) is 1.20. The highest BCUT2D eigenvalue weighted by Gasteiger charge is 2.36. The molecule has 1 N–H and O–H groups in total. The van der Waals surface area contributed by atoms with E-state index in [4.69, 9.17) is 4.52 Å². The first-order valence-corrected chi connectivity index (χ1v) is 9.87. The molecule has 8 nitrogen and oxygen atoms in total. The molecule has 4 heterocycles. The molecule has 150 valence electrons. The summed E-state index contributed by atoms with van der Waals surface area (Å²) in [6.45, 7) is 3.18. The predicted octanol–water partition coefficient (Wildman–Crippen LogP) is 2.20. The Labute approximate surface area is 166 Å². The number of carbonyl (C=O) groups is 1. The molecule has 1 amide bonds. The molecule has 5 rings (SSSR count). The molecular formula is C20H21FN6O2. The Hall–Kier alpha value is -3.07. The smallest absolute Gasteiger partial charge is 0.293 e. The number of hydrogen-bond donors (Lipinski definition) is 1. The fourth-order valence-electron chi connectivity index (χ4n) is 4.09. The maximum atomic E-state index is 13.1. The van der Waals surface area contributed by atoms with Crippen LogP contribution in [0.25, 0.3) is 11.3 Å². The number of rotatable bonds is 3. The van der Waals surface area contributed by atoms with Gasteiger partial charge >= 0.3 is 0 Å². The number of likely N-dealkylation sites (tertiary alicyclic amines) is 1. The molecular weight excluding hydrogens is 375 g/mol. The average Bonchev–Trinajstić information content (AvgIpc) is 3.45. The molecule has 1 aromatic carbocycles. The van der Waals surface area contributed by atoms with E-state index in [1.807, 2.05) is 0 Å². The minimum Gasteiger partial charge on any atom is -0.350 e. The van der Waals surface area contributed by atoms with Gasteiger partial charge in [0.1, 0.15) is 17.3 Å². The van der Waals surface area contributed by atoms with Crippen molar-refractivity contribution >= 4 is 5.91 Å². The largest absolute Gasteiger partial charge is 0.350 e. The number of benzene rings is 1. The van der Waals surface area contributed by atoms with Gasteiger partial charge in [-0.1, -0.05) is 5.16 Å². The molecule has 1 unspecified atom stereocenters. The quantitative estimate of drug-likeness (QED) is 0.730. The summed E-state index contributed by atoms with van der Waals surface area (Å²) in [6.07, 6.45) is 2.57. The van der Waals surface area contributed by atoms with Gasteiger partial charge in [-0.3, -0.25) is 4.79 Å². The molecule has 0 saturated carbocycles. The number of nitrogens with zero attached hydrogens (tertiary/aromatic N) is 5. The SMILES string of the molecule is O=C(c1cc(-c2ccc(F)cc2)no1)N1CCCC1c1nnc2n1CCNCC2. The van der Waals surface area contributed by atoms with E-state index in [2.05, 4.69) is 25.2 Å². The molecule has 29 heavy (non-hydrogen) atoms. The van der Waals surface area contributed by atoms with E-state index in [9.17, 15) is 9.18 Å². The van der Waals surface area contributed by atoms with E-state index in [0.717, 1.165) is 50.5 Å². The summed E-state index contributed by atoms with van der Waals surface area (Å²) >= 11 is 0. The van der Waals surface area contributed by atoms with Gasteiger partial charge in [-0.05, 0) is 37.1 Å². The van der Waals surface area contributed by atoms with Gasteiger partial charge in [-0.25, -0.2) is 4.39 Å². The lowest BCUT2D eigenvalue weighted by atomic mass is 10.1. The van der Waals surface area contributed by atoms with Crippen LogP contribution in [0.3, 0.4) is 0 Å². The van der Waals surface area contributed by atoms with Crippen molar-refractivity contribution in [3.63, 3.8) is 0 Å². The second kappa shape index (κ2) is 7.40. The molecule has 0 bridgehead atoms. The first kappa shape index (κ1) is 18.0. The zero-order valence-corrected chi connectivity index (χ0v) is 15.8. The minimum absolute atomic E-state index is 0.124. The molecule has 1 fully saturated rings.